The number of carboxylic acids is 2. The highest BCUT2D eigenvalue weighted by Gasteiger charge is 2.39. The van der Waals surface area contributed by atoms with E-state index in [-0.39, 0.29) is 31.8 Å². The summed E-state index contributed by atoms with van der Waals surface area (Å²) in [5, 5.41) is 34.3. The first kappa shape index (κ1) is 53.2. The third-order valence-corrected chi connectivity index (χ3v) is 10.4. The summed E-state index contributed by atoms with van der Waals surface area (Å²) < 4.78 is 5.21. The van der Waals surface area contributed by atoms with Crippen LogP contribution in [0.1, 0.15) is 104 Å². The van der Waals surface area contributed by atoms with E-state index >= 15 is 0 Å². The zero-order valence-electron chi connectivity index (χ0n) is 37.2. The standard InChI is InChI=1S/C43H65N7O13/c1-8-9-14-27(34(55)36(44)56)45-39(59)29(19-23(2)3)49-42(62)35(43(5,6)7)50-41(61)30(20-25-13-11-10-12-24(25)4)48-38(58)28(15-16-32(51)52)46-40(60)31(21-33(53)54)47-37(57)26-17-18-63-22-26/h10-13,23,26-31,35H,8-9,14-22H2,1-7H3,(H2,44,56)(H,45,59)(H,46,60)(H,47,57)(H,48,58)(H,49,62)(H,50,61)(H,51,52)(H,53,54)/t26?,27?,28-,29-,30-,31-,35+/m0/s1. The molecule has 10 N–H and O–H groups in total. The minimum Gasteiger partial charge on any atom is -0.481 e. The van der Waals surface area contributed by atoms with Gasteiger partial charge in [0.25, 0.3) is 5.91 Å². The van der Waals surface area contributed by atoms with Gasteiger partial charge in [-0.1, -0.05) is 78.6 Å². The number of nitrogens with two attached hydrogens (primary N) is 1. The topological polar surface area (TPSA) is 319 Å². The molecule has 1 fully saturated rings. The Hall–Kier alpha value is -5.92. The second-order valence-electron chi connectivity index (χ2n) is 17.3. The summed E-state index contributed by atoms with van der Waals surface area (Å²) in [6.07, 6.45) is -0.394. The van der Waals surface area contributed by atoms with Gasteiger partial charge in [0.15, 0.2) is 0 Å². The zero-order chi connectivity index (χ0) is 47.6. The maximum Gasteiger partial charge on any atom is 0.305 e. The molecule has 1 aromatic carbocycles. The highest BCUT2D eigenvalue weighted by molar-refractivity contribution is 6.37. The number of amides is 7. The molecule has 2 unspecified atom stereocenters. The molecule has 20 heteroatoms. The molecule has 0 saturated carbocycles. The van der Waals surface area contributed by atoms with Crippen molar-refractivity contribution in [2.24, 2.45) is 23.0 Å². The fraction of sp³-hybridized carbons (Fsp3) is 0.628. The Morgan fingerprint density at radius 1 is 0.746 bits per heavy atom. The Balaban J connectivity index is 2.47. The molecule has 1 saturated heterocycles. The first-order chi connectivity index (χ1) is 29.4. The minimum atomic E-state index is -1.65. The molecule has 0 radical (unpaired) electrons. The predicted molar refractivity (Wildman–Crippen MR) is 227 cm³/mol. The number of benzene rings is 1. The van der Waals surface area contributed by atoms with Crippen LogP contribution in [0.4, 0.5) is 0 Å². The number of carboxylic acid groups (broad SMARTS) is 2. The van der Waals surface area contributed by atoms with E-state index in [2.05, 4.69) is 31.9 Å². The minimum absolute atomic E-state index is 0.0624. The monoisotopic (exact) mass is 887 g/mol. The fourth-order valence-electron chi connectivity index (χ4n) is 6.76. The van der Waals surface area contributed by atoms with Gasteiger partial charge in [-0.15, -0.1) is 0 Å². The summed E-state index contributed by atoms with van der Waals surface area (Å²) in [7, 11) is 0. The number of Topliss-reactive ketones (excluding diaryl/α,β-unsaturated/α-hetero) is 1. The lowest BCUT2D eigenvalue weighted by atomic mass is 9.85. The summed E-state index contributed by atoms with van der Waals surface area (Å²) in [6, 6.07) is -1.58. The van der Waals surface area contributed by atoms with Gasteiger partial charge >= 0.3 is 11.9 Å². The number of rotatable bonds is 26. The number of aryl methyl sites for hydroxylation is 1. The lowest BCUT2D eigenvalue weighted by molar-refractivity contribution is -0.141. The smallest absolute Gasteiger partial charge is 0.305 e. The largest absolute Gasteiger partial charge is 0.481 e. The molecule has 1 aromatic rings. The second kappa shape index (κ2) is 25.3. The van der Waals surface area contributed by atoms with E-state index in [1.807, 2.05) is 6.92 Å². The molecule has 7 atom stereocenters. The number of primary amides is 1. The number of hydrogen-bond donors (Lipinski definition) is 9. The van der Waals surface area contributed by atoms with Crippen LogP contribution < -0.4 is 37.6 Å². The van der Waals surface area contributed by atoms with Crippen LogP contribution in [0.25, 0.3) is 0 Å². The van der Waals surface area contributed by atoms with Crippen molar-refractivity contribution in [3.63, 3.8) is 0 Å². The highest BCUT2D eigenvalue weighted by atomic mass is 16.5. The first-order valence-corrected chi connectivity index (χ1v) is 21.2. The lowest BCUT2D eigenvalue weighted by Gasteiger charge is -2.34. The van der Waals surface area contributed by atoms with Crippen LogP contribution in [0, 0.1) is 24.2 Å². The first-order valence-electron chi connectivity index (χ1n) is 21.2. The summed E-state index contributed by atoms with van der Waals surface area (Å²) in [6.45, 7) is 12.6. The number of unbranched alkanes of at least 4 members (excludes halogenated alkanes) is 1. The normalized spacial score (nSPS) is 16.5. The molecule has 0 aromatic heterocycles. The molecule has 63 heavy (non-hydrogen) atoms. The third kappa shape index (κ3) is 18.1. The molecular weight excluding hydrogens is 823 g/mol. The van der Waals surface area contributed by atoms with Crippen molar-refractivity contribution in [1.29, 1.82) is 0 Å². The summed E-state index contributed by atoms with van der Waals surface area (Å²) >= 11 is 0. The third-order valence-electron chi connectivity index (χ3n) is 10.4. The number of nitrogens with one attached hydrogen (secondary N) is 6. The van der Waals surface area contributed by atoms with Crippen molar-refractivity contribution in [2.75, 3.05) is 13.2 Å². The van der Waals surface area contributed by atoms with Crippen LogP contribution in [0.2, 0.25) is 0 Å². The number of carbonyl (C=O) groups is 10. The van der Waals surface area contributed by atoms with E-state index in [4.69, 9.17) is 10.5 Å². The molecule has 0 bridgehead atoms. The average Bonchev–Trinajstić information content (AvgIpc) is 3.74. The molecular formula is C43H65N7O13. The van der Waals surface area contributed by atoms with E-state index in [1.54, 1.807) is 65.8 Å². The van der Waals surface area contributed by atoms with Crippen LogP contribution >= 0.6 is 0 Å². The molecule has 1 aliphatic heterocycles. The molecule has 7 amide bonds. The predicted octanol–water partition coefficient (Wildman–Crippen LogP) is 0.159. The molecule has 2 rings (SSSR count). The van der Waals surface area contributed by atoms with E-state index in [0.717, 1.165) is 5.56 Å². The van der Waals surface area contributed by atoms with Gasteiger partial charge in [0.05, 0.1) is 25.0 Å². The Kier molecular flexibility index (Phi) is 21.3. The second-order valence-corrected chi connectivity index (χ2v) is 17.3. The molecule has 350 valence electrons. The van der Waals surface area contributed by atoms with Crippen molar-refractivity contribution in [3.8, 4) is 0 Å². The van der Waals surface area contributed by atoms with Crippen molar-refractivity contribution in [2.45, 2.75) is 143 Å². The number of aliphatic carboxylic acids is 2. The van der Waals surface area contributed by atoms with Gasteiger partial charge in [-0.05, 0) is 55.1 Å². The van der Waals surface area contributed by atoms with Gasteiger partial charge in [0.2, 0.25) is 41.2 Å². The van der Waals surface area contributed by atoms with Crippen molar-refractivity contribution >= 4 is 59.1 Å². The zero-order valence-corrected chi connectivity index (χ0v) is 37.2. The molecule has 20 nitrogen and oxygen atoms in total. The van der Waals surface area contributed by atoms with E-state index in [1.165, 1.54) is 0 Å². The van der Waals surface area contributed by atoms with Gasteiger partial charge in [0, 0.05) is 19.4 Å². The Morgan fingerprint density at radius 2 is 1.32 bits per heavy atom. The summed E-state index contributed by atoms with van der Waals surface area (Å²) in [5.74, 6) is -10.9. The summed E-state index contributed by atoms with van der Waals surface area (Å²) in [5.41, 5.74) is 5.56. The maximum atomic E-state index is 14.4. The van der Waals surface area contributed by atoms with Crippen molar-refractivity contribution in [3.05, 3.63) is 35.4 Å². The molecule has 0 spiro atoms. The quantitative estimate of drug-likeness (QED) is 0.0561. The highest BCUT2D eigenvalue weighted by Crippen LogP contribution is 2.21. The van der Waals surface area contributed by atoms with Crippen LogP contribution in [-0.2, 0) is 59.1 Å². The number of hydrogen-bond acceptors (Lipinski definition) is 11. The van der Waals surface area contributed by atoms with Crippen molar-refractivity contribution in [1.82, 2.24) is 31.9 Å². The molecule has 1 aliphatic rings. The number of ether oxygens (including phenoxy) is 1. The van der Waals surface area contributed by atoms with Crippen LogP contribution in [-0.4, -0.2) is 119 Å². The molecule has 0 aliphatic carbocycles. The average molecular weight is 888 g/mol. The van der Waals surface area contributed by atoms with Gasteiger partial charge in [0.1, 0.15) is 30.2 Å². The van der Waals surface area contributed by atoms with Crippen LogP contribution in [0.5, 0.6) is 0 Å². The van der Waals surface area contributed by atoms with E-state index < -0.39 is 126 Å². The van der Waals surface area contributed by atoms with Gasteiger partial charge in [-0.25, -0.2) is 0 Å². The SMILES string of the molecule is CCCCC(NC(=O)[C@H](CC(C)C)NC(=O)[C@@H](NC(=O)[C@H](Cc1ccccc1C)NC(=O)[C@H](CCC(=O)O)NC(=O)[C@H](CC(=O)O)NC(=O)C1CCOC1)C(C)(C)C)C(=O)C(N)=O. The van der Waals surface area contributed by atoms with Crippen LogP contribution in [0.15, 0.2) is 24.3 Å². The van der Waals surface area contributed by atoms with E-state index in [9.17, 15) is 58.2 Å². The number of ketones is 1. The Morgan fingerprint density at radius 3 is 1.86 bits per heavy atom. The van der Waals surface area contributed by atoms with Crippen molar-refractivity contribution < 1.29 is 62.9 Å². The van der Waals surface area contributed by atoms with Gasteiger partial charge in [-0.3, -0.25) is 47.9 Å². The van der Waals surface area contributed by atoms with Gasteiger partial charge < -0.3 is 52.6 Å². The Bertz CT molecular complexity index is 1820. The maximum absolute atomic E-state index is 14.4. The number of carbonyl (C=O) groups excluding carboxylic acids is 8. The van der Waals surface area contributed by atoms with Crippen LogP contribution in [0.3, 0.4) is 0 Å². The summed E-state index contributed by atoms with van der Waals surface area (Å²) in [4.78, 5) is 130. The molecule has 1 heterocycles. The Labute approximate surface area is 367 Å². The lowest BCUT2D eigenvalue weighted by Crippen LogP contribution is -2.62. The van der Waals surface area contributed by atoms with E-state index in [0.29, 0.717) is 31.4 Å². The van der Waals surface area contributed by atoms with Gasteiger partial charge in [-0.2, -0.15) is 0 Å². The fourth-order valence-corrected chi connectivity index (χ4v) is 6.76.